The highest BCUT2D eigenvalue weighted by Crippen LogP contribution is 2.24. The quantitative estimate of drug-likeness (QED) is 0.914. The lowest BCUT2D eigenvalue weighted by Crippen LogP contribution is -2.13. The van der Waals surface area contributed by atoms with Crippen LogP contribution >= 0.6 is 0 Å². The van der Waals surface area contributed by atoms with Gasteiger partial charge in [0.1, 0.15) is 5.75 Å². The molecule has 0 bridgehead atoms. The average molecular weight is 256 g/mol. The molecule has 4 heteroatoms. The summed E-state index contributed by atoms with van der Waals surface area (Å²) in [5, 5.41) is 2.83. The van der Waals surface area contributed by atoms with Gasteiger partial charge in [0.25, 0.3) is 5.91 Å². The van der Waals surface area contributed by atoms with Crippen molar-refractivity contribution in [1.29, 1.82) is 0 Å². The number of ether oxygens (including phenoxy) is 1. The number of aryl methyl sites for hydroxylation is 1. The normalized spacial score (nSPS) is 10.0. The number of carbonyl (C=O) groups is 1. The molecular formula is C15H16N2O2. The number of carbonyl (C=O) groups excluding carboxylic acids is 1. The van der Waals surface area contributed by atoms with Crippen molar-refractivity contribution in [3.63, 3.8) is 0 Å². The number of nitrogens with zero attached hydrogens (tertiary/aromatic N) is 1. The van der Waals surface area contributed by atoms with Crippen LogP contribution in [0.15, 0.2) is 42.6 Å². The van der Waals surface area contributed by atoms with E-state index in [1.54, 1.807) is 12.3 Å². The molecule has 1 heterocycles. The van der Waals surface area contributed by atoms with E-state index in [-0.39, 0.29) is 5.91 Å². The van der Waals surface area contributed by atoms with Crippen LogP contribution < -0.4 is 10.1 Å². The van der Waals surface area contributed by atoms with Crippen LogP contribution in [0.1, 0.15) is 23.0 Å². The Hall–Kier alpha value is -2.36. The van der Waals surface area contributed by atoms with E-state index < -0.39 is 0 Å². The summed E-state index contributed by atoms with van der Waals surface area (Å²) in [6, 6.07) is 10.9. The highest BCUT2D eigenvalue weighted by Gasteiger charge is 2.09. The standard InChI is InChI=1S/C15H16N2O2/c1-3-19-14-7-5-4-6-13(14)17-15(18)12-9-8-11(2)16-10-12/h4-10H,3H2,1-2H3,(H,17,18). The molecule has 0 aliphatic rings. The van der Waals surface area contributed by atoms with E-state index in [2.05, 4.69) is 10.3 Å². The lowest BCUT2D eigenvalue weighted by Gasteiger charge is -2.11. The lowest BCUT2D eigenvalue weighted by atomic mass is 10.2. The van der Waals surface area contributed by atoms with E-state index in [0.29, 0.717) is 23.6 Å². The average Bonchev–Trinajstić information content (AvgIpc) is 2.42. The number of pyridine rings is 1. The summed E-state index contributed by atoms with van der Waals surface area (Å²) in [5.41, 5.74) is 2.07. The Morgan fingerprint density at radius 3 is 2.74 bits per heavy atom. The van der Waals surface area contributed by atoms with Crippen LogP contribution in [0.2, 0.25) is 0 Å². The minimum atomic E-state index is -0.195. The molecule has 4 nitrogen and oxygen atoms in total. The summed E-state index contributed by atoms with van der Waals surface area (Å²) in [4.78, 5) is 16.2. The Morgan fingerprint density at radius 1 is 1.26 bits per heavy atom. The van der Waals surface area contributed by atoms with Gasteiger partial charge in [-0.15, -0.1) is 0 Å². The first-order chi connectivity index (χ1) is 9.20. The summed E-state index contributed by atoms with van der Waals surface area (Å²) in [5.74, 6) is 0.470. The third-order valence-corrected chi connectivity index (χ3v) is 2.61. The zero-order valence-electron chi connectivity index (χ0n) is 11.0. The van der Waals surface area contributed by atoms with Gasteiger partial charge in [-0.2, -0.15) is 0 Å². The second-order valence-electron chi connectivity index (χ2n) is 4.07. The Bertz CT molecular complexity index is 565. The first-order valence-corrected chi connectivity index (χ1v) is 6.16. The second kappa shape index (κ2) is 6.00. The van der Waals surface area contributed by atoms with E-state index in [4.69, 9.17) is 4.74 Å². The summed E-state index contributed by atoms with van der Waals surface area (Å²) in [6.45, 7) is 4.34. The molecular weight excluding hydrogens is 240 g/mol. The third kappa shape index (κ3) is 3.31. The van der Waals surface area contributed by atoms with Gasteiger partial charge in [0.05, 0.1) is 17.9 Å². The zero-order valence-corrected chi connectivity index (χ0v) is 11.0. The minimum absolute atomic E-state index is 0.195. The molecule has 0 aliphatic carbocycles. The largest absolute Gasteiger partial charge is 0.492 e. The summed E-state index contributed by atoms with van der Waals surface area (Å²) in [6.07, 6.45) is 1.56. The number of anilines is 1. The fourth-order valence-corrected chi connectivity index (χ4v) is 1.65. The summed E-state index contributed by atoms with van der Waals surface area (Å²) < 4.78 is 5.46. The van der Waals surface area contributed by atoms with E-state index in [9.17, 15) is 4.79 Å². The molecule has 1 N–H and O–H groups in total. The van der Waals surface area contributed by atoms with Crippen LogP contribution in [0.4, 0.5) is 5.69 Å². The number of aromatic nitrogens is 1. The molecule has 1 amide bonds. The van der Waals surface area contributed by atoms with Crippen molar-refractivity contribution in [2.45, 2.75) is 13.8 Å². The topological polar surface area (TPSA) is 51.2 Å². The second-order valence-corrected chi connectivity index (χ2v) is 4.07. The van der Waals surface area contributed by atoms with Crippen LogP contribution in [0.3, 0.4) is 0 Å². The maximum atomic E-state index is 12.1. The Morgan fingerprint density at radius 2 is 2.05 bits per heavy atom. The molecule has 98 valence electrons. The number of hydrogen-bond donors (Lipinski definition) is 1. The maximum absolute atomic E-state index is 12.1. The Kier molecular flexibility index (Phi) is 4.13. The molecule has 0 radical (unpaired) electrons. The van der Waals surface area contributed by atoms with E-state index in [1.807, 2.05) is 44.2 Å². The molecule has 2 aromatic rings. The molecule has 0 saturated carbocycles. The molecule has 1 aromatic heterocycles. The van der Waals surface area contributed by atoms with Gasteiger partial charge in [-0.05, 0) is 38.1 Å². The lowest BCUT2D eigenvalue weighted by molar-refractivity contribution is 0.102. The fourth-order valence-electron chi connectivity index (χ4n) is 1.65. The van der Waals surface area contributed by atoms with Crippen molar-refractivity contribution >= 4 is 11.6 Å². The molecule has 0 spiro atoms. The van der Waals surface area contributed by atoms with Gasteiger partial charge in [0.2, 0.25) is 0 Å². The van der Waals surface area contributed by atoms with Crippen molar-refractivity contribution in [2.75, 3.05) is 11.9 Å². The summed E-state index contributed by atoms with van der Waals surface area (Å²) in [7, 11) is 0. The first-order valence-electron chi connectivity index (χ1n) is 6.16. The molecule has 0 fully saturated rings. The smallest absolute Gasteiger partial charge is 0.257 e. The molecule has 19 heavy (non-hydrogen) atoms. The van der Waals surface area contributed by atoms with Crippen molar-refractivity contribution in [2.24, 2.45) is 0 Å². The van der Waals surface area contributed by atoms with Crippen molar-refractivity contribution in [3.8, 4) is 5.75 Å². The first kappa shape index (κ1) is 13.1. The van der Waals surface area contributed by atoms with Crippen LogP contribution in [0.25, 0.3) is 0 Å². The molecule has 0 aliphatic heterocycles. The van der Waals surface area contributed by atoms with Gasteiger partial charge < -0.3 is 10.1 Å². The van der Waals surface area contributed by atoms with Gasteiger partial charge in [-0.1, -0.05) is 12.1 Å². The monoisotopic (exact) mass is 256 g/mol. The number of rotatable bonds is 4. The molecule has 1 aromatic carbocycles. The number of nitrogens with one attached hydrogen (secondary N) is 1. The van der Waals surface area contributed by atoms with Gasteiger partial charge in [0.15, 0.2) is 0 Å². The predicted octanol–water partition coefficient (Wildman–Crippen LogP) is 3.04. The van der Waals surface area contributed by atoms with Gasteiger partial charge in [0, 0.05) is 11.9 Å². The zero-order chi connectivity index (χ0) is 13.7. The van der Waals surface area contributed by atoms with E-state index >= 15 is 0 Å². The molecule has 0 saturated heterocycles. The molecule has 0 unspecified atom stereocenters. The van der Waals surface area contributed by atoms with E-state index in [0.717, 1.165) is 5.69 Å². The fraction of sp³-hybridized carbons (Fsp3) is 0.200. The van der Waals surface area contributed by atoms with Gasteiger partial charge in [-0.3, -0.25) is 9.78 Å². The minimum Gasteiger partial charge on any atom is -0.492 e. The van der Waals surface area contributed by atoms with Gasteiger partial charge >= 0.3 is 0 Å². The van der Waals surface area contributed by atoms with E-state index in [1.165, 1.54) is 0 Å². The highest BCUT2D eigenvalue weighted by atomic mass is 16.5. The number of benzene rings is 1. The van der Waals surface area contributed by atoms with Crippen molar-refractivity contribution in [1.82, 2.24) is 4.98 Å². The van der Waals surface area contributed by atoms with Gasteiger partial charge in [-0.25, -0.2) is 0 Å². The Balaban J connectivity index is 2.16. The third-order valence-electron chi connectivity index (χ3n) is 2.61. The summed E-state index contributed by atoms with van der Waals surface area (Å²) >= 11 is 0. The van der Waals surface area contributed by atoms with Crippen molar-refractivity contribution < 1.29 is 9.53 Å². The number of hydrogen-bond acceptors (Lipinski definition) is 3. The molecule has 0 atom stereocenters. The van der Waals surface area contributed by atoms with Crippen LogP contribution in [-0.2, 0) is 0 Å². The van der Waals surface area contributed by atoms with Crippen LogP contribution in [-0.4, -0.2) is 17.5 Å². The van der Waals surface area contributed by atoms with Crippen LogP contribution in [0.5, 0.6) is 5.75 Å². The highest BCUT2D eigenvalue weighted by molar-refractivity contribution is 6.04. The molecule has 2 rings (SSSR count). The maximum Gasteiger partial charge on any atom is 0.257 e. The number of para-hydroxylation sites is 2. The Labute approximate surface area is 112 Å². The number of amides is 1. The van der Waals surface area contributed by atoms with Crippen molar-refractivity contribution in [3.05, 3.63) is 53.9 Å². The predicted molar refractivity (Wildman–Crippen MR) is 74.5 cm³/mol. The SMILES string of the molecule is CCOc1ccccc1NC(=O)c1ccc(C)nc1. The van der Waals surface area contributed by atoms with Crippen LogP contribution in [0, 0.1) is 6.92 Å².